The number of nitrogens with one attached hydrogen (secondary N) is 1. The molecule has 0 saturated carbocycles. The number of carbonyl (C=O) groups excluding carboxylic acids is 1. The number of aryl methyl sites for hydroxylation is 2. The lowest BCUT2D eigenvalue weighted by molar-refractivity contribution is -0.116. The van der Waals surface area contributed by atoms with Crippen molar-refractivity contribution in [3.8, 4) is 34.5 Å². The fourth-order valence-corrected chi connectivity index (χ4v) is 4.34. The smallest absolute Gasteiger partial charge is 0.272 e. The number of fused-ring (bicyclic) bond motifs is 1. The number of phenolic OH excluding ortho intramolecular Hbond substituents is 1. The van der Waals surface area contributed by atoms with Gasteiger partial charge in [-0.1, -0.05) is 29.8 Å². The summed E-state index contributed by atoms with van der Waals surface area (Å²) in [5.41, 5.74) is 4.97. The van der Waals surface area contributed by atoms with Gasteiger partial charge >= 0.3 is 0 Å². The molecule has 2 N–H and O–H groups in total. The van der Waals surface area contributed by atoms with Crippen molar-refractivity contribution in [3.05, 3.63) is 65.0 Å². The zero-order chi connectivity index (χ0) is 24.7. The standard InChI is InChI=1S/C25H24N6O4/c1-13-5-7-15(8-6-13)18-12-26-29-25(27-18)31-24-22(14(2)30-31)17(11-21(32)28-24)16-9-19(34-3)23(33)20(10-16)35-4/h5-10,12,17,33H,11H2,1-4H3,(H,28,32). The highest BCUT2D eigenvalue weighted by molar-refractivity contribution is 5.95. The highest BCUT2D eigenvalue weighted by atomic mass is 16.5. The van der Waals surface area contributed by atoms with E-state index in [-0.39, 0.29) is 41.4 Å². The molecule has 1 aliphatic rings. The lowest BCUT2D eigenvalue weighted by atomic mass is 9.85. The van der Waals surface area contributed by atoms with Crippen molar-refractivity contribution in [1.29, 1.82) is 0 Å². The number of phenols is 1. The van der Waals surface area contributed by atoms with E-state index in [2.05, 4.69) is 25.6 Å². The monoisotopic (exact) mass is 472 g/mol. The van der Waals surface area contributed by atoms with Crippen LogP contribution in [0.1, 0.15) is 34.7 Å². The maximum atomic E-state index is 12.8. The summed E-state index contributed by atoms with van der Waals surface area (Å²) in [5.74, 6) is 0.623. The zero-order valence-electron chi connectivity index (χ0n) is 19.7. The fraction of sp³-hybridized carbons (Fsp3) is 0.240. The van der Waals surface area contributed by atoms with E-state index in [1.165, 1.54) is 18.9 Å². The van der Waals surface area contributed by atoms with E-state index >= 15 is 0 Å². The van der Waals surface area contributed by atoms with E-state index in [0.29, 0.717) is 17.2 Å². The average molecular weight is 473 g/mol. The summed E-state index contributed by atoms with van der Waals surface area (Å²) >= 11 is 0. The van der Waals surface area contributed by atoms with Crippen LogP contribution in [-0.4, -0.2) is 50.2 Å². The number of nitrogens with zero attached hydrogens (tertiary/aromatic N) is 5. The number of aromatic nitrogens is 5. The summed E-state index contributed by atoms with van der Waals surface area (Å²) in [6.45, 7) is 3.89. The minimum Gasteiger partial charge on any atom is -0.502 e. The second kappa shape index (κ2) is 8.71. The van der Waals surface area contributed by atoms with E-state index in [9.17, 15) is 9.90 Å². The minimum absolute atomic E-state index is 0.0981. The third kappa shape index (κ3) is 3.92. The number of carbonyl (C=O) groups is 1. The van der Waals surface area contributed by atoms with Gasteiger partial charge < -0.3 is 19.9 Å². The summed E-state index contributed by atoms with van der Waals surface area (Å²) < 4.78 is 12.2. The number of methoxy groups -OCH3 is 2. The molecule has 1 atom stereocenters. The molecule has 5 rings (SSSR count). The third-order valence-electron chi connectivity index (χ3n) is 6.09. The van der Waals surface area contributed by atoms with Gasteiger partial charge in [-0.2, -0.15) is 14.9 Å². The Morgan fingerprint density at radius 2 is 1.77 bits per heavy atom. The zero-order valence-corrected chi connectivity index (χ0v) is 19.7. The van der Waals surface area contributed by atoms with Gasteiger partial charge in [-0.3, -0.25) is 4.79 Å². The van der Waals surface area contributed by atoms with Crippen molar-refractivity contribution in [2.75, 3.05) is 19.5 Å². The summed E-state index contributed by atoms with van der Waals surface area (Å²) in [6.07, 6.45) is 1.78. The van der Waals surface area contributed by atoms with Gasteiger partial charge in [0.05, 0.1) is 31.8 Å². The molecule has 0 spiro atoms. The van der Waals surface area contributed by atoms with Crippen LogP contribution in [0.2, 0.25) is 0 Å². The predicted octanol–water partition coefficient (Wildman–Crippen LogP) is 3.54. The van der Waals surface area contributed by atoms with E-state index in [1.807, 2.05) is 38.1 Å². The molecular weight excluding hydrogens is 448 g/mol. The SMILES string of the molecule is COc1cc(C2CC(=O)Nc3c2c(C)nn3-c2nncc(-c3ccc(C)cc3)n2)cc(OC)c1O. The van der Waals surface area contributed by atoms with Crippen LogP contribution in [0.3, 0.4) is 0 Å². The normalized spacial score (nSPS) is 14.9. The Kier molecular flexibility index (Phi) is 5.56. The van der Waals surface area contributed by atoms with Crippen LogP contribution in [0.25, 0.3) is 17.2 Å². The summed E-state index contributed by atoms with van der Waals surface area (Å²) in [6, 6.07) is 11.4. The van der Waals surface area contributed by atoms with E-state index < -0.39 is 0 Å². The maximum absolute atomic E-state index is 12.8. The first-order valence-electron chi connectivity index (χ1n) is 11.0. The van der Waals surface area contributed by atoms with Crippen LogP contribution in [0.5, 0.6) is 17.2 Å². The molecule has 10 nitrogen and oxygen atoms in total. The molecular formula is C25H24N6O4. The summed E-state index contributed by atoms with van der Waals surface area (Å²) in [7, 11) is 2.93. The molecule has 4 aromatic rings. The number of ether oxygens (including phenoxy) is 2. The first-order chi connectivity index (χ1) is 16.9. The number of rotatable bonds is 5. The van der Waals surface area contributed by atoms with E-state index in [0.717, 1.165) is 22.3 Å². The van der Waals surface area contributed by atoms with Crippen LogP contribution < -0.4 is 14.8 Å². The second-order valence-electron chi connectivity index (χ2n) is 8.35. The second-order valence-corrected chi connectivity index (χ2v) is 8.35. The highest BCUT2D eigenvalue weighted by Gasteiger charge is 2.34. The quantitative estimate of drug-likeness (QED) is 0.452. The van der Waals surface area contributed by atoms with Crippen molar-refractivity contribution >= 4 is 11.7 Å². The van der Waals surface area contributed by atoms with Crippen molar-refractivity contribution in [2.45, 2.75) is 26.2 Å². The highest BCUT2D eigenvalue weighted by Crippen LogP contribution is 2.45. The number of hydrogen-bond donors (Lipinski definition) is 2. The van der Waals surface area contributed by atoms with Gasteiger partial charge in [-0.05, 0) is 31.5 Å². The molecule has 1 aliphatic heterocycles. The van der Waals surface area contributed by atoms with Gasteiger partial charge in [0.2, 0.25) is 11.7 Å². The van der Waals surface area contributed by atoms with Crippen molar-refractivity contribution in [3.63, 3.8) is 0 Å². The third-order valence-corrected chi connectivity index (χ3v) is 6.09. The van der Waals surface area contributed by atoms with Crippen LogP contribution >= 0.6 is 0 Å². The number of benzene rings is 2. The van der Waals surface area contributed by atoms with E-state index in [4.69, 9.17) is 9.47 Å². The minimum atomic E-state index is -0.343. The molecule has 178 valence electrons. The van der Waals surface area contributed by atoms with Gasteiger partial charge in [0.25, 0.3) is 5.95 Å². The van der Waals surface area contributed by atoms with Crippen molar-refractivity contribution < 1.29 is 19.4 Å². The first-order valence-corrected chi connectivity index (χ1v) is 11.0. The molecule has 2 aromatic carbocycles. The Bertz CT molecular complexity index is 1410. The molecule has 0 radical (unpaired) electrons. The molecule has 1 unspecified atom stereocenters. The number of hydrogen-bond acceptors (Lipinski definition) is 8. The number of aromatic hydroxyl groups is 1. The van der Waals surface area contributed by atoms with E-state index in [1.54, 1.807) is 18.3 Å². The Labute approximate surface area is 201 Å². The molecule has 0 saturated heterocycles. The Morgan fingerprint density at radius 3 is 2.43 bits per heavy atom. The van der Waals surface area contributed by atoms with Gasteiger partial charge in [-0.25, -0.2) is 4.98 Å². The Balaban J connectivity index is 1.62. The maximum Gasteiger partial charge on any atom is 0.272 e. The molecule has 3 heterocycles. The lowest BCUT2D eigenvalue weighted by Gasteiger charge is -2.25. The molecule has 35 heavy (non-hydrogen) atoms. The lowest BCUT2D eigenvalue weighted by Crippen LogP contribution is -2.25. The largest absolute Gasteiger partial charge is 0.502 e. The topological polar surface area (TPSA) is 124 Å². The Hall–Kier alpha value is -4.47. The Morgan fingerprint density at radius 1 is 1.09 bits per heavy atom. The van der Waals surface area contributed by atoms with Crippen molar-refractivity contribution in [1.82, 2.24) is 25.0 Å². The van der Waals surface area contributed by atoms with Gasteiger partial charge in [0.15, 0.2) is 11.5 Å². The predicted molar refractivity (Wildman–Crippen MR) is 128 cm³/mol. The molecule has 0 fully saturated rings. The molecule has 10 heteroatoms. The van der Waals surface area contributed by atoms with Crippen molar-refractivity contribution in [2.24, 2.45) is 0 Å². The first kappa shape index (κ1) is 22.3. The number of anilines is 1. The summed E-state index contributed by atoms with van der Waals surface area (Å²) in [4.78, 5) is 17.4. The van der Waals surface area contributed by atoms with Gasteiger partial charge in [0, 0.05) is 23.5 Å². The van der Waals surface area contributed by atoms with Crippen LogP contribution in [0.4, 0.5) is 5.82 Å². The molecule has 0 aliphatic carbocycles. The van der Waals surface area contributed by atoms with Crippen LogP contribution in [-0.2, 0) is 4.79 Å². The molecule has 2 aromatic heterocycles. The van der Waals surface area contributed by atoms with Gasteiger partial charge in [-0.15, -0.1) is 5.10 Å². The van der Waals surface area contributed by atoms with Crippen LogP contribution in [0.15, 0.2) is 42.6 Å². The number of amides is 1. The molecule has 1 amide bonds. The average Bonchev–Trinajstić information content (AvgIpc) is 3.20. The molecule has 0 bridgehead atoms. The summed E-state index contributed by atoms with van der Waals surface area (Å²) in [5, 5.41) is 26.2. The fourth-order valence-electron chi connectivity index (χ4n) is 4.34. The van der Waals surface area contributed by atoms with Gasteiger partial charge in [0.1, 0.15) is 5.82 Å². The van der Waals surface area contributed by atoms with Crippen LogP contribution in [0, 0.1) is 13.8 Å².